The first kappa shape index (κ1) is 24.3. The minimum Gasteiger partial charge on any atom is -0.370 e. The van der Waals surface area contributed by atoms with Crippen molar-refractivity contribution in [3.63, 3.8) is 0 Å². The van der Waals surface area contributed by atoms with E-state index in [-0.39, 0.29) is 35.6 Å². The number of aromatic amines is 1. The Bertz CT molecular complexity index is 1240. The number of aromatic nitrogens is 4. The fraction of sp³-hybridized carbons (Fsp3) is 0.0870. The van der Waals surface area contributed by atoms with Crippen LogP contribution in [0.25, 0.3) is 11.1 Å². The van der Waals surface area contributed by atoms with Crippen LogP contribution >= 0.6 is 11.6 Å². The van der Waals surface area contributed by atoms with Crippen molar-refractivity contribution in [3.05, 3.63) is 89.7 Å². The third-order valence-electron chi connectivity index (χ3n) is 4.36. The van der Waals surface area contributed by atoms with Gasteiger partial charge >= 0.3 is 0 Å². The summed E-state index contributed by atoms with van der Waals surface area (Å²) < 4.78 is 14.4. The smallest absolute Gasteiger partial charge is 0.270 e. The first-order chi connectivity index (χ1) is 16.5. The first-order valence-electron chi connectivity index (χ1n) is 10.1. The highest BCUT2D eigenvalue weighted by Crippen LogP contribution is 2.33. The summed E-state index contributed by atoms with van der Waals surface area (Å²) in [7, 11) is 0. The Labute approximate surface area is 199 Å². The molecule has 0 aliphatic rings. The normalized spacial score (nSPS) is 10.1. The number of halogens is 2. The highest BCUT2D eigenvalue weighted by Gasteiger charge is 2.23. The second-order valence-electron chi connectivity index (χ2n) is 6.79. The summed E-state index contributed by atoms with van der Waals surface area (Å²) in [5, 5.41) is 13.0. The van der Waals surface area contributed by atoms with Crippen LogP contribution in [0.15, 0.2) is 73.2 Å². The van der Waals surface area contributed by atoms with Crippen molar-refractivity contribution in [1.82, 2.24) is 25.5 Å². The van der Waals surface area contributed by atoms with Crippen LogP contribution in [0.2, 0.25) is 5.02 Å². The van der Waals surface area contributed by atoms with Gasteiger partial charge in [-0.1, -0.05) is 48.0 Å². The molecule has 9 nitrogen and oxygen atoms in total. The molecule has 2 aromatic carbocycles. The van der Waals surface area contributed by atoms with Gasteiger partial charge in [-0.2, -0.15) is 5.10 Å². The molecule has 0 aliphatic heterocycles. The maximum absolute atomic E-state index is 14.4. The molecule has 0 fully saturated rings. The topological polar surface area (TPSA) is 139 Å². The summed E-state index contributed by atoms with van der Waals surface area (Å²) in [5.74, 6) is -0.956. The zero-order chi connectivity index (χ0) is 24.3. The molecule has 4 aromatic rings. The Morgan fingerprint density at radius 1 is 1.06 bits per heavy atom. The van der Waals surface area contributed by atoms with E-state index in [2.05, 4.69) is 30.8 Å². The number of benzene rings is 2. The SMILES string of the molecule is Clc1ccccc1.NC(=O)CCNC(=O)c1[nH]nc(Nc2ccncn2)c1-c1ccccc1F. The third kappa shape index (κ3) is 6.84. The number of nitrogens with two attached hydrogens (primary N) is 1. The number of hydrogen-bond donors (Lipinski definition) is 4. The molecule has 0 radical (unpaired) electrons. The Kier molecular flexibility index (Phi) is 8.64. The number of carbonyl (C=O) groups is 2. The lowest BCUT2D eigenvalue weighted by Gasteiger charge is -2.09. The molecular weight excluding hydrogens is 461 g/mol. The number of hydrogen-bond acceptors (Lipinski definition) is 6. The Morgan fingerprint density at radius 3 is 2.41 bits per heavy atom. The van der Waals surface area contributed by atoms with E-state index in [1.54, 1.807) is 18.2 Å². The molecule has 0 saturated carbocycles. The maximum Gasteiger partial charge on any atom is 0.270 e. The molecule has 2 heterocycles. The predicted molar refractivity (Wildman–Crippen MR) is 127 cm³/mol. The first-order valence-corrected chi connectivity index (χ1v) is 10.5. The van der Waals surface area contributed by atoms with Gasteiger partial charge in [-0.05, 0) is 24.3 Å². The van der Waals surface area contributed by atoms with Gasteiger partial charge in [0.15, 0.2) is 5.82 Å². The van der Waals surface area contributed by atoms with Gasteiger partial charge in [0.2, 0.25) is 5.91 Å². The Hall–Kier alpha value is -4.31. The maximum atomic E-state index is 14.4. The molecule has 0 saturated heterocycles. The van der Waals surface area contributed by atoms with Crippen molar-refractivity contribution in [2.24, 2.45) is 5.73 Å². The van der Waals surface area contributed by atoms with Crippen LogP contribution in [-0.2, 0) is 4.79 Å². The van der Waals surface area contributed by atoms with Crippen molar-refractivity contribution in [2.75, 3.05) is 11.9 Å². The van der Waals surface area contributed by atoms with Gasteiger partial charge in [0, 0.05) is 29.7 Å². The zero-order valence-corrected chi connectivity index (χ0v) is 18.6. The minimum atomic E-state index is -0.544. The van der Waals surface area contributed by atoms with E-state index >= 15 is 0 Å². The standard InChI is InChI=1S/C17H16FN7O2.C6H5Cl/c18-11-4-2-1-3-10(11)14-15(17(27)21-8-5-12(19)26)24-25-16(14)23-13-6-7-20-9-22-13;7-6-4-2-1-3-5-6/h1-4,6-7,9H,5,8H2,(H2,19,26)(H,21,27)(H2,20,22,23,24,25);1-5H. The molecule has 0 bridgehead atoms. The van der Waals surface area contributed by atoms with Crippen molar-refractivity contribution < 1.29 is 14.0 Å². The monoisotopic (exact) mass is 481 g/mol. The van der Waals surface area contributed by atoms with Crippen LogP contribution in [-0.4, -0.2) is 38.5 Å². The quantitative estimate of drug-likeness (QED) is 0.317. The number of H-pyrrole nitrogens is 1. The molecule has 2 aromatic heterocycles. The van der Waals surface area contributed by atoms with Gasteiger partial charge in [-0.25, -0.2) is 14.4 Å². The van der Waals surface area contributed by atoms with Crippen LogP contribution in [0.5, 0.6) is 0 Å². The van der Waals surface area contributed by atoms with Gasteiger partial charge in [0.1, 0.15) is 23.7 Å². The van der Waals surface area contributed by atoms with E-state index in [0.29, 0.717) is 5.82 Å². The van der Waals surface area contributed by atoms with Crippen molar-refractivity contribution in [1.29, 1.82) is 0 Å². The zero-order valence-electron chi connectivity index (χ0n) is 17.8. The van der Waals surface area contributed by atoms with Crippen molar-refractivity contribution in [3.8, 4) is 11.1 Å². The molecule has 34 heavy (non-hydrogen) atoms. The van der Waals surface area contributed by atoms with E-state index in [4.69, 9.17) is 17.3 Å². The fourth-order valence-corrected chi connectivity index (χ4v) is 2.96. The largest absolute Gasteiger partial charge is 0.370 e. The third-order valence-corrected chi connectivity index (χ3v) is 4.61. The molecule has 0 unspecified atom stereocenters. The van der Waals surface area contributed by atoms with Crippen LogP contribution in [0, 0.1) is 5.82 Å². The van der Waals surface area contributed by atoms with E-state index in [1.807, 2.05) is 30.3 Å². The lowest BCUT2D eigenvalue weighted by atomic mass is 10.0. The summed E-state index contributed by atoms with van der Waals surface area (Å²) >= 11 is 5.54. The average Bonchev–Trinajstić information content (AvgIpc) is 3.24. The summed E-state index contributed by atoms with van der Waals surface area (Å²) in [6, 6.07) is 17.1. The number of amides is 2. The summed E-state index contributed by atoms with van der Waals surface area (Å²) in [6.45, 7) is 0.0541. The summed E-state index contributed by atoms with van der Waals surface area (Å²) in [4.78, 5) is 31.2. The van der Waals surface area contributed by atoms with E-state index < -0.39 is 17.6 Å². The predicted octanol–water partition coefficient (Wildman–Crippen LogP) is 3.69. The summed E-state index contributed by atoms with van der Waals surface area (Å²) in [5.41, 5.74) is 5.53. The number of anilines is 2. The Morgan fingerprint density at radius 2 is 1.79 bits per heavy atom. The number of nitrogens with one attached hydrogen (secondary N) is 3. The molecule has 0 aliphatic carbocycles. The second kappa shape index (κ2) is 12.1. The molecule has 2 amide bonds. The van der Waals surface area contributed by atoms with Crippen molar-refractivity contribution >= 4 is 35.1 Å². The molecule has 174 valence electrons. The van der Waals surface area contributed by atoms with Crippen LogP contribution in [0.3, 0.4) is 0 Å². The number of carbonyl (C=O) groups excluding carboxylic acids is 2. The van der Waals surface area contributed by atoms with Gasteiger partial charge in [-0.3, -0.25) is 14.7 Å². The van der Waals surface area contributed by atoms with Crippen LogP contribution < -0.4 is 16.4 Å². The number of rotatable bonds is 7. The summed E-state index contributed by atoms with van der Waals surface area (Å²) in [6.07, 6.45) is 2.86. The number of nitrogens with zero attached hydrogens (tertiary/aromatic N) is 3. The number of primary amides is 1. The van der Waals surface area contributed by atoms with Gasteiger partial charge in [0.25, 0.3) is 5.91 Å². The van der Waals surface area contributed by atoms with Crippen LogP contribution in [0.1, 0.15) is 16.9 Å². The lowest BCUT2D eigenvalue weighted by molar-refractivity contribution is -0.117. The Balaban J connectivity index is 0.000000396. The van der Waals surface area contributed by atoms with E-state index in [9.17, 15) is 14.0 Å². The average molecular weight is 482 g/mol. The second-order valence-corrected chi connectivity index (χ2v) is 7.23. The highest BCUT2D eigenvalue weighted by atomic mass is 35.5. The van der Waals surface area contributed by atoms with E-state index in [0.717, 1.165) is 5.02 Å². The van der Waals surface area contributed by atoms with Gasteiger partial charge in [-0.15, -0.1) is 0 Å². The van der Waals surface area contributed by atoms with Crippen LogP contribution in [0.4, 0.5) is 16.0 Å². The lowest BCUT2D eigenvalue weighted by Crippen LogP contribution is -2.28. The molecule has 0 atom stereocenters. The van der Waals surface area contributed by atoms with Gasteiger partial charge in [0.05, 0.1) is 5.56 Å². The van der Waals surface area contributed by atoms with Crippen molar-refractivity contribution in [2.45, 2.75) is 6.42 Å². The molecule has 5 N–H and O–H groups in total. The minimum absolute atomic E-state index is 0.0129. The highest BCUT2D eigenvalue weighted by molar-refractivity contribution is 6.30. The fourth-order valence-electron chi connectivity index (χ4n) is 2.81. The van der Waals surface area contributed by atoms with Gasteiger partial charge < -0.3 is 16.4 Å². The molecule has 0 spiro atoms. The molecule has 4 rings (SSSR count). The molecular formula is C23H21ClFN7O2. The molecule has 11 heteroatoms. The van der Waals surface area contributed by atoms with E-state index in [1.165, 1.54) is 24.7 Å².